The van der Waals surface area contributed by atoms with Crippen LogP contribution in [0.25, 0.3) is 0 Å². The van der Waals surface area contributed by atoms with Crippen molar-refractivity contribution in [1.29, 1.82) is 0 Å². The lowest BCUT2D eigenvalue weighted by molar-refractivity contribution is -0.167. The zero-order chi connectivity index (χ0) is 53.6. The zero-order valence-electron chi connectivity index (χ0n) is 47.8. The van der Waals surface area contributed by atoms with Gasteiger partial charge in [-0.15, -0.1) is 0 Å². The summed E-state index contributed by atoms with van der Waals surface area (Å²) in [5.41, 5.74) is 0. The zero-order valence-corrected chi connectivity index (χ0v) is 47.8. The first-order valence-electron chi connectivity index (χ1n) is 30.2. The molecule has 0 aliphatic heterocycles. The third kappa shape index (κ3) is 58.4. The van der Waals surface area contributed by atoms with E-state index < -0.39 is 6.10 Å². The van der Waals surface area contributed by atoms with Gasteiger partial charge in [0, 0.05) is 19.3 Å². The number of unbranched alkanes of at least 4 members (excludes halogenated alkanes) is 20. The number of hydrogen-bond donors (Lipinski definition) is 0. The molecule has 0 saturated heterocycles. The second-order valence-electron chi connectivity index (χ2n) is 19.5. The van der Waals surface area contributed by atoms with Gasteiger partial charge in [0.25, 0.3) is 0 Å². The van der Waals surface area contributed by atoms with Gasteiger partial charge in [0.2, 0.25) is 0 Å². The highest BCUT2D eigenvalue weighted by atomic mass is 16.6. The molecule has 0 fully saturated rings. The third-order valence-corrected chi connectivity index (χ3v) is 12.4. The summed E-state index contributed by atoms with van der Waals surface area (Å²) in [5.74, 6) is -0.952. The number of carbonyl (C=O) groups excluding carboxylic acids is 3. The Kier molecular flexibility index (Phi) is 57.4. The number of allylic oxidation sites excluding steroid dienone is 22. The second kappa shape index (κ2) is 61.1. The fraction of sp³-hybridized carbons (Fsp3) is 0.632. The van der Waals surface area contributed by atoms with E-state index in [-0.39, 0.29) is 37.5 Å². The summed E-state index contributed by atoms with van der Waals surface area (Å²) >= 11 is 0. The van der Waals surface area contributed by atoms with E-state index in [0.717, 1.165) is 161 Å². The smallest absolute Gasteiger partial charge is 0.306 e. The van der Waals surface area contributed by atoms with Crippen LogP contribution in [0.5, 0.6) is 0 Å². The lowest BCUT2D eigenvalue weighted by Gasteiger charge is -2.18. The van der Waals surface area contributed by atoms with Crippen molar-refractivity contribution < 1.29 is 28.6 Å². The van der Waals surface area contributed by atoms with Crippen molar-refractivity contribution in [2.75, 3.05) is 13.2 Å². The van der Waals surface area contributed by atoms with E-state index >= 15 is 0 Å². The van der Waals surface area contributed by atoms with Crippen LogP contribution in [-0.2, 0) is 28.6 Å². The van der Waals surface area contributed by atoms with Gasteiger partial charge >= 0.3 is 17.9 Å². The summed E-state index contributed by atoms with van der Waals surface area (Å²) in [6, 6.07) is 0. The van der Waals surface area contributed by atoms with Gasteiger partial charge in [-0.2, -0.15) is 0 Å². The first kappa shape index (κ1) is 69.5. The molecule has 0 amide bonds. The minimum atomic E-state index is -0.808. The van der Waals surface area contributed by atoms with Crippen LogP contribution in [0.2, 0.25) is 0 Å². The highest BCUT2D eigenvalue weighted by molar-refractivity contribution is 5.71. The largest absolute Gasteiger partial charge is 0.462 e. The summed E-state index contributed by atoms with van der Waals surface area (Å²) < 4.78 is 16.9. The molecule has 0 bridgehead atoms. The molecule has 0 N–H and O–H groups in total. The van der Waals surface area contributed by atoms with Crippen LogP contribution in [0.15, 0.2) is 134 Å². The monoisotopic (exact) mass is 1020 g/mol. The molecule has 0 aromatic heterocycles. The highest BCUT2D eigenvalue weighted by Crippen LogP contribution is 2.14. The Morgan fingerprint density at radius 1 is 0.284 bits per heavy atom. The Bertz CT molecular complexity index is 1600. The number of ether oxygens (including phenoxy) is 3. The van der Waals surface area contributed by atoms with Crippen molar-refractivity contribution >= 4 is 17.9 Å². The molecular weight excluding hydrogens is 913 g/mol. The van der Waals surface area contributed by atoms with E-state index in [9.17, 15) is 14.4 Å². The Balaban J connectivity index is 4.47. The standard InChI is InChI=1S/C68H110O6/c1-4-7-10-13-16-19-22-25-28-31-32-33-34-35-36-38-40-43-46-49-52-55-58-61-67(70)73-64-65(63-72-66(69)60-57-54-51-48-45-42-39-30-27-24-21-18-15-12-9-6-3)74-68(71)62-59-56-53-50-47-44-41-37-29-26-23-20-17-14-11-8-5-2/h7-8,10-11,16-17,19-21,24-26,28-30,32-33,35-36,39,41,44,65H,4-6,9,12-15,18,22-23,27,31,34,37-38,40,42-43,45-64H2,1-3H3/b10-7-,11-8-,19-16-,20-17-,24-21-,28-25-,29-26-,33-32-,36-35-,39-30-,44-41-. The first-order chi connectivity index (χ1) is 36.5. The first-order valence-corrected chi connectivity index (χ1v) is 30.2. The van der Waals surface area contributed by atoms with Gasteiger partial charge in [0.1, 0.15) is 13.2 Å². The van der Waals surface area contributed by atoms with Gasteiger partial charge in [-0.1, -0.05) is 238 Å². The van der Waals surface area contributed by atoms with E-state index in [4.69, 9.17) is 14.2 Å². The lowest BCUT2D eigenvalue weighted by Crippen LogP contribution is -2.30. The van der Waals surface area contributed by atoms with Gasteiger partial charge < -0.3 is 14.2 Å². The molecule has 6 nitrogen and oxygen atoms in total. The van der Waals surface area contributed by atoms with Crippen LogP contribution in [0.3, 0.4) is 0 Å². The Morgan fingerprint density at radius 3 is 0.824 bits per heavy atom. The molecule has 0 radical (unpaired) electrons. The van der Waals surface area contributed by atoms with Crippen molar-refractivity contribution in [3.63, 3.8) is 0 Å². The molecule has 0 aliphatic rings. The van der Waals surface area contributed by atoms with Crippen LogP contribution < -0.4 is 0 Å². The maximum absolute atomic E-state index is 12.9. The summed E-state index contributed by atoms with van der Waals surface area (Å²) in [7, 11) is 0. The Hall–Kier alpha value is -4.45. The van der Waals surface area contributed by atoms with E-state index in [0.29, 0.717) is 12.8 Å². The molecule has 0 saturated carbocycles. The number of rotatable bonds is 53. The normalized spacial score (nSPS) is 13.1. The molecule has 1 unspecified atom stereocenters. The quantitative estimate of drug-likeness (QED) is 0.0261. The van der Waals surface area contributed by atoms with Gasteiger partial charge in [0.05, 0.1) is 0 Å². The summed E-state index contributed by atoms with van der Waals surface area (Å²) in [6.45, 7) is 6.35. The van der Waals surface area contributed by atoms with E-state index in [1.54, 1.807) is 0 Å². The van der Waals surface area contributed by atoms with Crippen LogP contribution in [0.1, 0.15) is 258 Å². The van der Waals surface area contributed by atoms with Crippen LogP contribution in [-0.4, -0.2) is 37.2 Å². The molecule has 0 aromatic rings. The van der Waals surface area contributed by atoms with E-state index in [1.807, 2.05) is 0 Å². The molecule has 1 atom stereocenters. The van der Waals surface area contributed by atoms with Crippen molar-refractivity contribution in [3.8, 4) is 0 Å². The summed E-state index contributed by atoms with van der Waals surface area (Å²) in [5, 5.41) is 0. The molecule has 6 heteroatoms. The molecule has 0 aromatic carbocycles. The molecule has 0 rings (SSSR count). The number of hydrogen-bond acceptors (Lipinski definition) is 6. The topological polar surface area (TPSA) is 78.9 Å². The van der Waals surface area contributed by atoms with Crippen LogP contribution >= 0.6 is 0 Å². The average molecular weight is 1020 g/mol. The number of carbonyl (C=O) groups is 3. The SMILES string of the molecule is CC/C=C\C/C=C\C/C=C\C/C=C\C/C=C\CCCCCCCCCC(=O)OCC(COC(=O)CCCCCCC/C=C\C/C=C\CCCCCC)OC(=O)CCCCCC/C=C\C/C=C\C/C=C\C/C=C\CC. The molecule has 74 heavy (non-hydrogen) atoms. The van der Waals surface area contributed by atoms with Gasteiger partial charge in [-0.05, 0) is 135 Å². The molecule has 0 aliphatic carbocycles. The Morgan fingerprint density at radius 2 is 0.527 bits per heavy atom. The maximum atomic E-state index is 12.9. The number of esters is 3. The predicted molar refractivity (Wildman–Crippen MR) is 320 cm³/mol. The van der Waals surface area contributed by atoms with Gasteiger partial charge in [0.15, 0.2) is 6.10 Å². The van der Waals surface area contributed by atoms with Crippen LogP contribution in [0.4, 0.5) is 0 Å². The summed E-state index contributed by atoms with van der Waals surface area (Å²) in [4.78, 5) is 38.3. The average Bonchev–Trinajstić information content (AvgIpc) is 3.40. The minimum Gasteiger partial charge on any atom is -0.462 e. The molecule has 0 heterocycles. The van der Waals surface area contributed by atoms with Crippen molar-refractivity contribution in [3.05, 3.63) is 134 Å². The van der Waals surface area contributed by atoms with E-state index in [2.05, 4.69) is 154 Å². The summed E-state index contributed by atoms with van der Waals surface area (Å²) in [6.07, 6.45) is 85.8. The van der Waals surface area contributed by atoms with Crippen LogP contribution in [0, 0.1) is 0 Å². The second-order valence-corrected chi connectivity index (χ2v) is 19.5. The molecule has 0 spiro atoms. The van der Waals surface area contributed by atoms with Gasteiger partial charge in [-0.25, -0.2) is 0 Å². The fourth-order valence-electron chi connectivity index (χ4n) is 7.90. The molecule has 418 valence electrons. The third-order valence-electron chi connectivity index (χ3n) is 12.4. The fourth-order valence-corrected chi connectivity index (χ4v) is 7.90. The maximum Gasteiger partial charge on any atom is 0.306 e. The Labute approximate surface area is 455 Å². The van der Waals surface area contributed by atoms with Gasteiger partial charge in [-0.3, -0.25) is 14.4 Å². The van der Waals surface area contributed by atoms with E-state index in [1.165, 1.54) is 57.8 Å². The lowest BCUT2D eigenvalue weighted by atomic mass is 10.1. The molecular formula is C68H110O6. The predicted octanol–water partition coefficient (Wildman–Crippen LogP) is 20.6. The van der Waals surface area contributed by atoms with Crippen molar-refractivity contribution in [2.24, 2.45) is 0 Å². The van der Waals surface area contributed by atoms with Crippen molar-refractivity contribution in [1.82, 2.24) is 0 Å². The highest BCUT2D eigenvalue weighted by Gasteiger charge is 2.19. The van der Waals surface area contributed by atoms with Crippen molar-refractivity contribution in [2.45, 2.75) is 264 Å². The minimum absolute atomic E-state index is 0.103.